The van der Waals surface area contributed by atoms with E-state index in [1.165, 1.54) is 12.4 Å². The van der Waals surface area contributed by atoms with Crippen molar-refractivity contribution in [1.82, 2.24) is 20.0 Å². The summed E-state index contributed by atoms with van der Waals surface area (Å²) in [4.78, 5) is 7.78. The van der Waals surface area contributed by atoms with Crippen LogP contribution in [0.4, 0.5) is 0 Å². The lowest BCUT2D eigenvalue weighted by Crippen LogP contribution is -2.37. The molecule has 0 spiro atoms. The summed E-state index contributed by atoms with van der Waals surface area (Å²) in [5.41, 5.74) is 0.418. The zero-order valence-corrected chi connectivity index (χ0v) is 9.79. The molecule has 1 aromatic rings. The van der Waals surface area contributed by atoms with Crippen LogP contribution in [0.15, 0.2) is 17.4 Å². The van der Waals surface area contributed by atoms with Gasteiger partial charge in [-0.1, -0.05) is 0 Å². The highest BCUT2D eigenvalue weighted by molar-refractivity contribution is 7.89. The fourth-order valence-electron chi connectivity index (χ4n) is 1.69. The van der Waals surface area contributed by atoms with Gasteiger partial charge in [0.2, 0.25) is 0 Å². The predicted molar refractivity (Wildman–Crippen MR) is 58.4 cm³/mol. The van der Waals surface area contributed by atoms with Gasteiger partial charge in [-0.15, -0.1) is 0 Å². The van der Waals surface area contributed by atoms with Gasteiger partial charge < -0.3 is 5.32 Å². The van der Waals surface area contributed by atoms with Crippen molar-refractivity contribution < 1.29 is 8.42 Å². The number of sulfonamides is 1. The minimum absolute atomic E-state index is 0.0156. The van der Waals surface area contributed by atoms with Gasteiger partial charge in [0.1, 0.15) is 0 Å². The Bertz CT molecular complexity index is 468. The van der Waals surface area contributed by atoms with E-state index >= 15 is 0 Å². The van der Waals surface area contributed by atoms with E-state index in [1.807, 2.05) is 0 Å². The molecule has 2 N–H and O–H groups in total. The lowest BCUT2D eigenvalue weighted by molar-refractivity contribution is 0.555. The second-order valence-corrected chi connectivity index (χ2v) is 5.39. The van der Waals surface area contributed by atoms with Crippen molar-refractivity contribution >= 4 is 10.0 Å². The summed E-state index contributed by atoms with van der Waals surface area (Å²) in [7, 11) is -3.54. The Morgan fingerprint density at radius 2 is 2.19 bits per heavy atom. The molecule has 16 heavy (non-hydrogen) atoms. The van der Waals surface area contributed by atoms with E-state index in [0.29, 0.717) is 12.2 Å². The van der Waals surface area contributed by atoms with Gasteiger partial charge in [0.25, 0.3) is 10.0 Å². The molecule has 0 bridgehead atoms. The van der Waals surface area contributed by atoms with E-state index in [4.69, 9.17) is 0 Å². The lowest BCUT2D eigenvalue weighted by Gasteiger charge is -2.11. The van der Waals surface area contributed by atoms with Gasteiger partial charge in [0.15, 0.2) is 5.03 Å². The van der Waals surface area contributed by atoms with Gasteiger partial charge in [-0.2, -0.15) is 0 Å². The molecule has 1 atom stereocenters. The number of nitrogens with zero attached hydrogens (tertiary/aromatic N) is 2. The van der Waals surface area contributed by atoms with Crippen LogP contribution in [0.25, 0.3) is 0 Å². The van der Waals surface area contributed by atoms with Gasteiger partial charge in [-0.05, 0) is 19.9 Å². The monoisotopic (exact) mass is 242 g/mol. The van der Waals surface area contributed by atoms with Crippen molar-refractivity contribution in [3.05, 3.63) is 18.1 Å². The summed E-state index contributed by atoms with van der Waals surface area (Å²) in [6, 6.07) is -0.0496. The molecule has 0 radical (unpaired) electrons. The van der Waals surface area contributed by atoms with Crippen molar-refractivity contribution in [1.29, 1.82) is 0 Å². The second kappa shape index (κ2) is 4.44. The first-order valence-electron chi connectivity index (χ1n) is 5.10. The molecular formula is C9H14N4O2S. The first-order chi connectivity index (χ1) is 7.59. The van der Waals surface area contributed by atoms with E-state index in [2.05, 4.69) is 20.0 Å². The van der Waals surface area contributed by atoms with Crippen LogP contribution in [-0.4, -0.2) is 37.5 Å². The molecule has 2 rings (SSSR count). The number of nitrogens with one attached hydrogen (secondary N) is 2. The third-order valence-corrected chi connectivity index (χ3v) is 4.03. The molecule has 0 aromatic carbocycles. The third kappa shape index (κ3) is 2.37. The summed E-state index contributed by atoms with van der Waals surface area (Å²) >= 11 is 0. The fourth-order valence-corrected chi connectivity index (χ4v) is 3.08. The van der Waals surface area contributed by atoms with Crippen LogP contribution in [0, 0.1) is 6.92 Å². The van der Waals surface area contributed by atoms with Crippen LogP contribution in [0.3, 0.4) is 0 Å². The molecule has 2 heterocycles. The van der Waals surface area contributed by atoms with Gasteiger partial charge in [-0.3, -0.25) is 4.98 Å². The van der Waals surface area contributed by atoms with Crippen LogP contribution in [-0.2, 0) is 10.0 Å². The number of rotatable bonds is 3. The first kappa shape index (κ1) is 11.4. The Morgan fingerprint density at radius 1 is 1.44 bits per heavy atom. The number of aromatic nitrogens is 2. The summed E-state index contributed by atoms with van der Waals surface area (Å²) in [6.07, 6.45) is 3.67. The number of hydrogen-bond acceptors (Lipinski definition) is 5. The second-order valence-electron chi connectivity index (χ2n) is 3.76. The standard InChI is InChI=1S/C9H14N4O2S/c1-7-9(12-5-4-11-7)16(14,15)13-8-2-3-10-6-8/h4-5,8,10,13H,2-3,6H2,1H3/t8-/m1/s1. The van der Waals surface area contributed by atoms with Gasteiger partial charge in [0.05, 0.1) is 5.69 Å². The van der Waals surface area contributed by atoms with E-state index in [0.717, 1.165) is 13.0 Å². The van der Waals surface area contributed by atoms with Gasteiger partial charge in [0, 0.05) is 25.0 Å². The Balaban J connectivity index is 2.21. The first-order valence-corrected chi connectivity index (χ1v) is 6.58. The fraction of sp³-hybridized carbons (Fsp3) is 0.556. The zero-order chi connectivity index (χ0) is 11.6. The smallest absolute Gasteiger partial charge is 0.260 e. The molecule has 1 aromatic heterocycles. The molecule has 0 unspecified atom stereocenters. The number of hydrogen-bond donors (Lipinski definition) is 2. The Morgan fingerprint density at radius 3 is 2.81 bits per heavy atom. The summed E-state index contributed by atoms with van der Waals surface area (Å²) in [5, 5.41) is 3.11. The molecular weight excluding hydrogens is 228 g/mol. The maximum Gasteiger partial charge on any atom is 0.260 e. The molecule has 1 aliphatic rings. The molecule has 1 saturated heterocycles. The van der Waals surface area contributed by atoms with Crippen LogP contribution in [0.2, 0.25) is 0 Å². The Labute approximate surface area is 94.6 Å². The summed E-state index contributed by atoms with van der Waals surface area (Å²) < 4.78 is 26.6. The summed E-state index contributed by atoms with van der Waals surface area (Å²) in [5.74, 6) is 0. The van der Waals surface area contributed by atoms with Crippen molar-refractivity contribution in [2.45, 2.75) is 24.4 Å². The molecule has 1 fully saturated rings. The van der Waals surface area contributed by atoms with Gasteiger partial charge in [-0.25, -0.2) is 18.1 Å². The largest absolute Gasteiger partial charge is 0.315 e. The quantitative estimate of drug-likeness (QED) is 0.741. The molecule has 88 valence electrons. The zero-order valence-electron chi connectivity index (χ0n) is 8.97. The van der Waals surface area contributed by atoms with Crippen molar-refractivity contribution in [2.24, 2.45) is 0 Å². The predicted octanol–water partition coefficient (Wildman–Crippen LogP) is -0.575. The minimum atomic E-state index is -3.54. The van der Waals surface area contributed by atoms with Crippen LogP contribution in [0.5, 0.6) is 0 Å². The Hall–Kier alpha value is -1.05. The average Bonchev–Trinajstić information content (AvgIpc) is 2.70. The summed E-state index contributed by atoms with van der Waals surface area (Å²) in [6.45, 7) is 3.14. The molecule has 0 amide bonds. The van der Waals surface area contributed by atoms with Gasteiger partial charge >= 0.3 is 0 Å². The topological polar surface area (TPSA) is 84.0 Å². The molecule has 7 heteroatoms. The van der Waals surface area contributed by atoms with Crippen molar-refractivity contribution in [3.63, 3.8) is 0 Å². The molecule has 0 aliphatic carbocycles. The SMILES string of the molecule is Cc1nccnc1S(=O)(=O)N[C@@H]1CCNC1. The lowest BCUT2D eigenvalue weighted by atomic mass is 10.3. The van der Waals surface area contributed by atoms with Crippen LogP contribution in [0.1, 0.15) is 12.1 Å². The maximum absolute atomic E-state index is 12.0. The Kier molecular flexibility index (Phi) is 3.17. The van der Waals surface area contributed by atoms with Crippen molar-refractivity contribution in [2.75, 3.05) is 13.1 Å². The normalized spacial score (nSPS) is 21.2. The van der Waals surface area contributed by atoms with Crippen molar-refractivity contribution in [3.8, 4) is 0 Å². The average molecular weight is 242 g/mol. The molecule has 1 aliphatic heterocycles. The highest BCUT2D eigenvalue weighted by Gasteiger charge is 2.25. The number of aryl methyl sites for hydroxylation is 1. The highest BCUT2D eigenvalue weighted by atomic mass is 32.2. The van der Waals surface area contributed by atoms with Crippen LogP contribution < -0.4 is 10.0 Å². The molecule has 6 nitrogen and oxygen atoms in total. The maximum atomic E-state index is 12.0. The van der Waals surface area contributed by atoms with E-state index in [9.17, 15) is 8.42 Å². The van der Waals surface area contributed by atoms with E-state index in [1.54, 1.807) is 6.92 Å². The third-order valence-electron chi connectivity index (χ3n) is 2.47. The van der Waals surface area contributed by atoms with Crippen LogP contribution >= 0.6 is 0 Å². The van der Waals surface area contributed by atoms with E-state index < -0.39 is 10.0 Å². The molecule has 0 saturated carbocycles. The van der Waals surface area contributed by atoms with E-state index in [-0.39, 0.29) is 11.1 Å². The highest BCUT2D eigenvalue weighted by Crippen LogP contribution is 2.10. The minimum Gasteiger partial charge on any atom is -0.315 e.